The minimum atomic E-state index is -0.155. The van der Waals surface area contributed by atoms with Crippen molar-refractivity contribution in [1.29, 1.82) is 0 Å². The van der Waals surface area contributed by atoms with Crippen LogP contribution in [0.1, 0.15) is 155 Å². The van der Waals surface area contributed by atoms with Crippen molar-refractivity contribution in [2.75, 3.05) is 13.2 Å². The van der Waals surface area contributed by atoms with E-state index in [1.54, 1.807) is 0 Å². The molecule has 0 rings (SSSR count). The highest BCUT2D eigenvalue weighted by Gasteiger charge is 2.05. The van der Waals surface area contributed by atoms with E-state index in [-0.39, 0.29) is 12.2 Å². The van der Waals surface area contributed by atoms with E-state index in [1.807, 2.05) is 0 Å². The summed E-state index contributed by atoms with van der Waals surface area (Å²) in [6, 6.07) is 0. The maximum absolute atomic E-state index is 10.1. The van der Waals surface area contributed by atoms with Crippen LogP contribution in [0.4, 0.5) is 0 Å². The Hall–Kier alpha value is -0.120. The average Bonchev–Trinajstić information content (AvgIpc) is 2.76. The van der Waals surface area contributed by atoms with E-state index in [0.717, 1.165) is 64.6 Å². The largest absolute Gasteiger partial charge is 0.393 e. The molecular formula is C28H58O3. The minimum Gasteiger partial charge on any atom is -0.393 e. The predicted molar refractivity (Wildman–Crippen MR) is 136 cm³/mol. The van der Waals surface area contributed by atoms with Crippen LogP contribution >= 0.6 is 0 Å². The van der Waals surface area contributed by atoms with Gasteiger partial charge < -0.3 is 14.9 Å². The van der Waals surface area contributed by atoms with Crippen LogP contribution in [0.15, 0.2) is 0 Å². The second kappa shape index (κ2) is 26.1. The summed E-state index contributed by atoms with van der Waals surface area (Å²) in [6.45, 7) is 6.00. The van der Waals surface area contributed by atoms with Crippen molar-refractivity contribution in [2.24, 2.45) is 0 Å². The van der Waals surface area contributed by atoms with E-state index < -0.39 is 0 Å². The molecule has 0 bridgehead atoms. The van der Waals surface area contributed by atoms with Gasteiger partial charge in [0.05, 0.1) is 12.2 Å². The molecular weight excluding hydrogens is 384 g/mol. The third kappa shape index (κ3) is 26.0. The molecule has 2 N–H and O–H groups in total. The second-order valence-corrected chi connectivity index (χ2v) is 9.73. The molecule has 0 radical (unpaired) electrons. The molecule has 2 unspecified atom stereocenters. The molecule has 0 fully saturated rings. The van der Waals surface area contributed by atoms with E-state index >= 15 is 0 Å². The van der Waals surface area contributed by atoms with Crippen molar-refractivity contribution in [3.8, 4) is 0 Å². The van der Waals surface area contributed by atoms with Gasteiger partial charge in [-0.05, 0) is 38.5 Å². The molecule has 0 saturated heterocycles. The average molecular weight is 443 g/mol. The highest BCUT2D eigenvalue weighted by atomic mass is 16.5. The Labute approximate surface area is 195 Å². The summed E-state index contributed by atoms with van der Waals surface area (Å²) < 4.78 is 5.69. The van der Waals surface area contributed by atoms with Crippen molar-refractivity contribution in [3.05, 3.63) is 0 Å². The van der Waals surface area contributed by atoms with Gasteiger partial charge in [-0.1, -0.05) is 117 Å². The van der Waals surface area contributed by atoms with Crippen LogP contribution in [0.25, 0.3) is 0 Å². The maximum Gasteiger partial charge on any atom is 0.0541 e. The predicted octanol–water partition coefficient (Wildman–Crippen LogP) is 8.35. The molecule has 0 saturated carbocycles. The number of unbranched alkanes of at least 4 members (excludes halogenated alkanes) is 14. The number of aliphatic hydroxyl groups is 2. The van der Waals surface area contributed by atoms with Gasteiger partial charge >= 0.3 is 0 Å². The fourth-order valence-corrected chi connectivity index (χ4v) is 4.26. The van der Waals surface area contributed by atoms with Crippen molar-refractivity contribution >= 4 is 0 Å². The van der Waals surface area contributed by atoms with E-state index in [0.29, 0.717) is 0 Å². The fraction of sp³-hybridized carbons (Fsp3) is 1.00. The van der Waals surface area contributed by atoms with Crippen LogP contribution in [0, 0.1) is 0 Å². The van der Waals surface area contributed by atoms with Crippen LogP contribution in [0.2, 0.25) is 0 Å². The molecule has 3 heteroatoms. The summed E-state index contributed by atoms with van der Waals surface area (Å²) in [5.74, 6) is 0. The molecule has 0 spiro atoms. The van der Waals surface area contributed by atoms with Gasteiger partial charge in [0.25, 0.3) is 0 Å². The minimum absolute atomic E-state index is 0.155. The topological polar surface area (TPSA) is 49.7 Å². The Bertz CT molecular complexity index is 291. The molecule has 0 aliphatic heterocycles. The highest BCUT2D eigenvalue weighted by Crippen LogP contribution is 2.14. The van der Waals surface area contributed by atoms with Gasteiger partial charge in [0, 0.05) is 13.2 Å². The summed E-state index contributed by atoms with van der Waals surface area (Å²) in [6.07, 6.45) is 26.3. The lowest BCUT2D eigenvalue weighted by atomic mass is 10.0. The summed E-state index contributed by atoms with van der Waals surface area (Å²) in [5, 5.41) is 20.2. The zero-order chi connectivity index (χ0) is 22.8. The van der Waals surface area contributed by atoms with E-state index in [2.05, 4.69) is 13.8 Å². The summed E-state index contributed by atoms with van der Waals surface area (Å²) in [4.78, 5) is 0. The van der Waals surface area contributed by atoms with Gasteiger partial charge in [0.2, 0.25) is 0 Å². The standard InChI is InChI=1S/C28H58O3/c1-3-5-7-9-11-13-15-17-21-27(29)23-19-25-31-26-20-24-28(30)22-18-16-14-12-10-8-6-4-2/h27-30H,3-26H2,1-2H3. The number of ether oxygens (including phenoxy) is 1. The van der Waals surface area contributed by atoms with Crippen molar-refractivity contribution in [1.82, 2.24) is 0 Å². The molecule has 2 atom stereocenters. The molecule has 3 nitrogen and oxygen atoms in total. The van der Waals surface area contributed by atoms with Crippen LogP contribution < -0.4 is 0 Å². The first-order valence-electron chi connectivity index (χ1n) is 14.1. The number of rotatable bonds is 26. The van der Waals surface area contributed by atoms with Crippen molar-refractivity contribution in [3.63, 3.8) is 0 Å². The lowest BCUT2D eigenvalue weighted by Crippen LogP contribution is -2.10. The Morgan fingerprint density at radius 2 is 0.710 bits per heavy atom. The van der Waals surface area contributed by atoms with Crippen molar-refractivity contribution < 1.29 is 14.9 Å². The zero-order valence-electron chi connectivity index (χ0n) is 21.4. The number of aliphatic hydroxyl groups excluding tert-OH is 2. The number of hydrogen-bond acceptors (Lipinski definition) is 3. The third-order valence-electron chi connectivity index (χ3n) is 6.43. The first-order chi connectivity index (χ1) is 15.2. The second-order valence-electron chi connectivity index (χ2n) is 9.73. The maximum atomic E-state index is 10.1. The Balaban J connectivity index is 3.25. The SMILES string of the molecule is CCCCCCCCCCC(O)CCCOCCCC(O)CCCCCCCCCC. The quantitative estimate of drug-likeness (QED) is 0.132. The summed E-state index contributed by atoms with van der Waals surface area (Å²) in [5.41, 5.74) is 0. The third-order valence-corrected chi connectivity index (χ3v) is 6.43. The van der Waals surface area contributed by atoms with E-state index in [9.17, 15) is 10.2 Å². The van der Waals surface area contributed by atoms with Crippen LogP contribution in [0.5, 0.6) is 0 Å². The normalized spacial score (nSPS) is 13.5. The molecule has 0 aliphatic carbocycles. The smallest absolute Gasteiger partial charge is 0.0541 e. The Morgan fingerprint density at radius 1 is 0.419 bits per heavy atom. The highest BCUT2D eigenvalue weighted by molar-refractivity contribution is 4.58. The molecule has 0 aromatic rings. The Morgan fingerprint density at radius 3 is 1.06 bits per heavy atom. The van der Waals surface area contributed by atoms with E-state index in [4.69, 9.17) is 4.74 Å². The molecule has 0 aromatic heterocycles. The molecule has 0 heterocycles. The van der Waals surface area contributed by atoms with Gasteiger partial charge in [-0.3, -0.25) is 0 Å². The number of hydrogen-bond donors (Lipinski definition) is 2. The van der Waals surface area contributed by atoms with Crippen LogP contribution in [0.3, 0.4) is 0 Å². The molecule has 0 aromatic carbocycles. The van der Waals surface area contributed by atoms with Crippen LogP contribution in [-0.4, -0.2) is 35.6 Å². The molecule has 0 aliphatic rings. The van der Waals surface area contributed by atoms with Gasteiger partial charge in [-0.15, -0.1) is 0 Å². The van der Waals surface area contributed by atoms with Gasteiger partial charge in [-0.25, -0.2) is 0 Å². The van der Waals surface area contributed by atoms with Gasteiger partial charge in [0.1, 0.15) is 0 Å². The lowest BCUT2D eigenvalue weighted by molar-refractivity contribution is 0.0871. The van der Waals surface area contributed by atoms with Gasteiger partial charge in [-0.2, -0.15) is 0 Å². The summed E-state index contributed by atoms with van der Waals surface area (Å²) in [7, 11) is 0. The van der Waals surface area contributed by atoms with E-state index in [1.165, 1.54) is 89.9 Å². The monoisotopic (exact) mass is 442 g/mol. The first-order valence-corrected chi connectivity index (χ1v) is 14.1. The fourth-order valence-electron chi connectivity index (χ4n) is 4.26. The van der Waals surface area contributed by atoms with Crippen molar-refractivity contribution in [2.45, 2.75) is 167 Å². The van der Waals surface area contributed by atoms with Crippen LogP contribution in [-0.2, 0) is 4.74 Å². The van der Waals surface area contributed by atoms with Gasteiger partial charge in [0.15, 0.2) is 0 Å². The first kappa shape index (κ1) is 30.9. The zero-order valence-corrected chi connectivity index (χ0v) is 21.4. The molecule has 188 valence electrons. The Kier molecular flexibility index (Phi) is 26.0. The lowest BCUT2D eigenvalue weighted by Gasteiger charge is -2.12. The molecule has 31 heavy (non-hydrogen) atoms. The summed E-state index contributed by atoms with van der Waals surface area (Å²) >= 11 is 0. The molecule has 0 amide bonds.